The normalized spacial score (nSPS) is 11.9. The fourth-order valence-electron chi connectivity index (χ4n) is 3.89. The lowest BCUT2D eigenvalue weighted by molar-refractivity contribution is 0.0977. The molecule has 0 spiro atoms. The molecule has 3 aromatic rings. The summed E-state index contributed by atoms with van der Waals surface area (Å²) < 4.78 is 7.48. The van der Waals surface area contributed by atoms with Crippen LogP contribution in [0.2, 0.25) is 0 Å². The molecular weight excluding hydrogens is 438 g/mol. The molecule has 0 fully saturated rings. The number of carbonyl (C=O) groups is 1. The Bertz CT molecular complexity index is 1220. The highest BCUT2D eigenvalue weighted by Crippen LogP contribution is 2.26. The van der Waals surface area contributed by atoms with Crippen LogP contribution in [0.5, 0.6) is 5.75 Å². The molecule has 0 aliphatic carbocycles. The average molecular weight is 476 g/mol. The van der Waals surface area contributed by atoms with Crippen molar-refractivity contribution in [3.63, 3.8) is 0 Å². The van der Waals surface area contributed by atoms with Gasteiger partial charge in [-0.15, -0.1) is 0 Å². The SMILES string of the molecule is CCn1nc(C)c(CN=C(NC(=O)c2ccc(C(C)(C)C)cc2)Nc2cc(C)ccc2OC)c1C. The summed E-state index contributed by atoms with van der Waals surface area (Å²) in [6, 6.07) is 13.5. The third-order valence-electron chi connectivity index (χ3n) is 6.08. The number of aromatic nitrogens is 2. The van der Waals surface area contributed by atoms with E-state index in [1.165, 1.54) is 5.56 Å². The van der Waals surface area contributed by atoms with E-state index in [-0.39, 0.29) is 11.3 Å². The number of amides is 1. The van der Waals surface area contributed by atoms with Crippen molar-refractivity contribution in [1.29, 1.82) is 0 Å². The molecular formula is C28H37N5O2. The number of methoxy groups -OCH3 is 1. The van der Waals surface area contributed by atoms with E-state index in [9.17, 15) is 4.79 Å². The van der Waals surface area contributed by atoms with Crippen molar-refractivity contribution in [2.24, 2.45) is 4.99 Å². The van der Waals surface area contributed by atoms with E-state index in [0.29, 0.717) is 23.8 Å². The van der Waals surface area contributed by atoms with Crippen molar-refractivity contribution >= 4 is 17.6 Å². The number of anilines is 1. The molecule has 0 aliphatic rings. The van der Waals surface area contributed by atoms with E-state index in [1.54, 1.807) is 7.11 Å². The predicted octanol–water partition coefficient (Wildman–Crippen LogP) is 5.53. The molecule has 0 radical (unpaired) electrons. The van der Waals surface area contributed by atoms with Crippen molar-refractivity contribution in [3.8, 4) is 5.75 Å². The minimum absolute atomic E-state index is 0.0174. The maximum atomic E-state index is 13.1. The third-order valence-corrected chi connectivity index (χ3v) is 6.08. The van der Waals surface area contributed by atoms with Crippen LogP contribution in [0.25, 0.3) is 0 Å². The highest BCUT2D eigenvalue weighted by molar-refractivity contribution is 6.10. The van der Waals surface area contributed by atoms with Crippen molar-refractivity contribution in [2.45, 2.75) is 67.0 Å². The maximum Gasteiger partial charge on any atom is 0.257 e. The number of aliphatic imine (C=N–C) groups is 1. The number of ether oxygens (including phenoxy) is 1. The Balaban J connectivity index is 1.92. The van der Waals surface area contributed by atoms with Gasteiger partial charge in [0.05, 0.1) is 25.0 Å². The smallest absolute Gasteiger partial charge is 0.257 e. The fraction of sp³-hybridized carbons (Fsp3) is 0.393. The topological polar surface area (TPSA) is 80.5 Å². The molecule has 0 atom stereocenters. The molecule has 0 unspecified atom stereocenters. The van der Waals surface area contributed by atoms with E-state index in [0.717, 1.165) is 34.7 Å². The number of nitrogens with one attached hydrogen (secondary N) is 2. The number of benzene rings is 2. The minimum atomic E-state index is -0.235. The Morgan fingerprint density at radius 2 is 1.77 bits per heavy atom. The van der Waals surface area contributed by atoms with Gasteiger partial charge in [0.1, 0.15) is 5.75 Å². The first kappa shape index (κ1) is 26.0. The number of rotatable bonds is 6. The van der Waals surface area contributed by atoms with E-state index in [4.69, 9.17) is 9.73 Å². The monoisotopic (exact) mass is 475 g/mol. The van der Waals surface area contributed by atoms with Crippen molar-refractivity contribution in [3.05, 3.63) is 76.1 Å². The second kappa shape index (κ2) is 10.8. The second-order valence-electron chi connectivity index (χ2n) is 9.74. The zero-order chi connectivity index (χ0) is 25.8. The number of guanidine groups is 1. The van der Waals surface area contributed by atoms with Gasteiger partial charge in [-0.1, -0.05) is 39.0 Å². The summed E-state index contributed by atoms with van der Waals surface area (Å²) in [5.41, 5.74) is 6.60. The summed E-state index contributed by atoms with van der Waals surface area (Å²) in [6.07, 6.45) is 0. The first-order chi connectivity index (χ1) is 16.5. The Labute approximate surface area is 208 Å². The molecule has 2 N–H and O–H groups in total. The van der Waals surface area contributed by atoms with Gasteiger partial charge in [0, 0.05) is 23.4 Å². The van der Waals surface area contributed by atoms with E-state index < -0.39 is 0 Å². The summed E-state index contributed by atoms with van der Waals surface area (Å²) in [5.74, 6) is 0.779. The maximum absolute atomic E-state index is 13.1. The van der Waals surface area contributed by atoms with Crippen LogP contribution >= 0.6 is 0 Å². The summed E-state index contributed by atoms with van der Waals surface area (Å²) in [6.45, 7) is 15.7. The molecule has 186 valence electrons. The van der Waals surface area contributed by atoms with Gasteiger partial charge in [-0.2, -0.15) is 5.10 Å². The fourth-order valence-corrected chi connectivity index (χ4v) is 3.89. The van der Waals surface area contributed by atoms with Gasteiger partial charge in [-0.05, 0) is 68.5 Å². The van der Waals surface area contributed by atoms with Crippen molar-refractivity contribution < 1.29 is 9.53 Å². The first-order valence-corrected chi connectivity index (χ1v) is 11.9. The van der Waals surface area contributed by atoms with Gasteiger partial charge in [-0.3, -0.25) is 14.8 Å². The number of hydrogen-bond acceptors (Lipinski definition) is 4. The molecule has 1 aromatic heterocycles. The van der Waals surface area contributed by atoms with Crippen LogP contribution in [0.3, 0.4) is 0 Å². The highest BCUT2D eigenvalue weighted by Gasteiger charge is 2.17. The molecule has 1 heterocycles. The summed E-state index contributed by atoms with van der Waals surface area (Å²) >= 11 is 0. The molecule has 7 nitrogen and oxygen atoms in total. The van der Waals surface area contributed by atoms with Gasteiger partial charge in [-0.25, -0.2) is 4.99 Å². The van der Waals surface area contributed by atoms with Crippen molar-refractivity contribution in [2.75, 3.05) is 12.4 Å². The molecule has 0 saturated carbocycles. The van der Waals surface area contributed by atoms with Crippen LogP contribution in [0.1, 0.15) is 66.1 Å². The Morgan fingerprint density at radius 1 is 1.09 bits per heavy atom. The Kier molecular flexibility index (Phi) is 7.99. The standard InChI is InChI=1S/C28H37N5O2/c1-9-33-20(4)23(19(3)32-33)17-29-27(30-24-16-18(2)10-15-25(24)35-8)31-26(34)21-11-13-22(14-12-21)28(5,6)7/h10-16H,9,17H2,1-8H3,(H2,29,30,31,34). The molecule has 2 aromatic carbocycles. The number of carbonyl (C=O) groups excluding carboxylic acids is 1. The molecule has 7 heteroatoms. The predicted molar refractivity (Wildman–Crippen MR) is 142 cm³/mol. The van der Waals surface area contributed by atoms with Crippen LogP contribution in [-0.2, 0) is 18.5 Å². The number of nitrogens with zero attached hydrogens (tertiary/aromatic N) is 3. The van der Waals surface area contributed by atoms with E-state index in [2.05, 4.69) is 43.4 Å². The first-order valence-electron chi connectivity index (χ1n) is 11.9. The number of hydrogen-bond donors (Lipinski definition) is 2. The quantitative estimate of drug-likeness (QED) is 0.363. The number of aryl methyl sites for hydroxylation is 3. The summed E-state index contributed by atoms with van der Waals surface area (Å²) in [5, 5.41) is 10.8. The molecule has 0 aliphatic heterocycles. The lowest BCUT2D eigenvalue weighted by Crippen LogP contribution is -2.36. The zero-order valence-corrected chi connectivity index (χ0v) is 22.1. The molecule has 0 saturated heterocycles. The average Bonchev–Trinajstić information content (AvgIpc) is 3.09. The lowest BCUT2D eigenvalue weighted by Gasteiger charge is -2.19. The van der Waals surface area contributed by atoms with Crippen LogP contribution < -0.4 is 15.4 Å². The van der Waals surface area contributed by atoms with Gasteiger partial charge in [0.2, 0.25) is 5.96 Å². The third kappa shape index (κ3) is 6.29. The molecule has 1 amide bonds. The largest absolute Gasteiger partial charge is 0.495 e. The van der Waals surface area contributed by atoms with Crippen molar-refractivity contribution in [1.82, 2.24) is 15.1 Å². The van der Waals surface area contributed by atoms with Gasteiger partial charge in [0.25, 0.3) is 5.91 Å². The minimum Gasteiger partial charge on any atom is -0.495 e. The van der Waals surface area contributed by atoms with Gasteiger partial charge in [0.15, 0.2) is 0 Å². The molecule has 3 rings (SSSR count). The van der Waals surface area contributed by atoms with E-state index in [1.807, 2.05) is 67.9 Å². The van der Waals surface area contributed by atoms with Crippen LogP contribution in [0.4, 0.5) is 5.69 Å². The Morgan fingerprint density at radius 3 is 2.34 bits per heavy atom. The summed E-state index contributed by atoms with van der Waals surface area (Å²) in [7, 11) is 1.62. The van der Waals surface area contributed by atoms with Crippen LogP contribution in [0.15, 0.2) is 47.5 Å². The molecule has 35 heavy (non-hydrogen) atoms. The Hall–Kier alpha value is -3.61. The van der Waals surface area contributed by atoms with Crippen LogP contribution in [0, 0.1) is 20.8 Å². The lowest BCUT2D eigenvalue weighted by atomic mass is 9.87. The van der Waals surface area contributed by atoms with E-state index >= 15 is 0 Å². The van der Waals surface area contributed by atoms with Crippen LogP contribution in [-0.4, -0.2) is 28.8 Å². The molecule has 0 bridgehead atoms. The van der Waals surface area contributed by atoms with Gasteiger partial charge < -0.3 is 10.1 Å². The zero-order valence-electron chi connectivity index (χ0n) is 22.1. The highest BCUT2D eigenvalue weighted by atomic mass is 16.5. The summed E-state index contributed by atoms with van der Waals surface area (Å²) in [4.78, 5) is 17.9. The second-order valence-corrected chi connectivity index (χ2v) is 9.74. The van der Waals surface area contributed by atoms with Gasteiger partial charge >= 0.3 is 0 Å².